The highest BCUT2D eigenvalue weighted by atomic mass is 79.9. The fraction of sp³-hybridized carbons (Fsp3) is 0.357. The highest BCUT2D eigenvalue weighted by Gasteiger charge is 2.22. The molecule has 0 spiro atoms. The Hall–Kier alpha value is -1.20. The molecule has 1 aromatic heterocycles. The van der Waals surface area contributed by atoms with Gasteiger partial charge in [0.25, 0.3) is 0 Å². The molecule has 1 heterocycles. The van der Waals surface area contributed by atoms with Gasteiger partial charge in [0.15, 0.2) is 0 Å². The Morgan fingerprint density at radius 2 is 2.37 bits per heavy atom. The minimum atomic E-state index is -0.253. The van der Waals surface area contributed by atoms with Gasteiger partial charge in [0.2, 0.25) is 0 Å². The number of aromatic amines is 1. The molecule has 3 rings (SSSR count). The molecule has 0 saturated carbocycles. The van der Waals surface area contributed by atoms with Crippen LogP contribution < -0.4 is 0 Å². The van der Waals surface area contributed by atoms with Gasteiger partial charge in [-0.3, -0.25) is 5.10 Å². The predicted octanol–water partition coefficient (Wildman–Crippen LogP) is 3.91. The minimum absolute atomic E-state index is 0.0649. The number of aromatic nitrogens is 2. The number of ether oxygens (including phenoxy) is 1. The summed E-state index contributed by atoms with van der Waals surface area (Å²) < 4.78 is 19.6. The maximum atomic E-state index is 13.1. The molecule has 5 heteroatoms. The van der Waals surface area contributed by atoms with Gasteiger partial charge in [0.1, 0.15) is 5.82 Å². The first kappa shape index (κ1) is 12.8. The maximum Gasteiger partial charge on any atom is 0.137 e. The fourth-order valence-electron chi connectivity index (χ4n) is 2.41. The number of fused-ring (bicyclic) bond motifs is 1. The molecular weight excluding hydrogens is 311 g/mol. The third-order valence-electron chi connectivity index (χ3n) is 3.42. The molecule has 0 fully saturated rings. The van der Waals surface area contributed by atoms with Crippen LogP contribution in [0.5, 0.6) is 0 Å². The van der Waals surface area contributed by atoms with Crippen molar-refractivity contribution < 1.29 is 9.13 Å². The van der Waals surface area contributed by atoms with Gasteiger partial charge >= 0.3 is 0 Å². The maximum absolute atomic E-state index is 13.1. The van der Waals surface area contributed by atoms with Crippen molar-refractivity contribution in [3.63, 3.8) is 0 Å². The van der Waals surface area contributed by atoms with Gasteiger partial charge in [-0.1, -0.05) is 6.07 Å². The molecule has 0 unspecified atom stereocenters. The van der Waals surface area contributed by atoms with E-state index in [0.717, 1.165) is 30.5 Å². The lowest BCUT2D eigenvalue weighted by molar-refractivity contribution is 0.0254. The molecule has 0 aliphatic heterocycles. The molecule has 1 aromatic carbocycles. The van der Waals surface area contributed by atoms with Gasteiger partial charge in [-0.25, -0.2) is 4.39 Å². The zero-order valence-corrected chi connectivity index (χ0v) is 11.9. The number of hydrogen-bond acceptors (Lipinski definition) is 2. The van der Waals surface area contributed by atoms with Crippen LogP contribution in [0.1, 0.15) is 35.8 Å². The van der Waals surface area contributed by atoms with Crippen molar-refractivity contribution in [2.24, 2.45) is 0 Å². The van der Waals surface area contributed by atoms with Crippen molar-refractivity contribution in [3.8, 4) is 0 Å². The average Bonchev–Trinajstić information content (AvgIpc) is 2.89. The number of nitrogens with one attached hydrogen (secondary N) is 1. The molecule has 1 aliphatic carbocycles. The topological polar surface area (TPSA) is 37.9 Å². The van der Waals surface area contributed by atoms with Gasteiger partial charge in [-0.2, -0.15) is 5.10 Å². The Morgan fingerprint density at radius 1 is 1.47 bits per heavy atom. The summed E-state index contributed by atoms with van der Waals surface area (Å²) >= 11 is 3.18. The van der Waals surface area contributed by atoms with E-state index in [1.54, 1.807) is 12.1 Å². The van der Waals surface area contributed by atoms with Crippen molar-refractivity contribution in [3.05, 3.63) is 51.5 Å². The van der Waals surface area contributed by atoms with Gasteiger partial charge in [-0.15, -0.1) is 0 Å². The van der Waals surface area contributed by atoms with Crippen LogP contribution >= 0.6 is 15.9 Å². The summed E-state index contributed by atoms with van der Waals surface area (Å²) in [7, 11) is 0. The van der Waals surface area contributed by atoms with Crippen molar-refractivity contribution >= 4 is 15.9 Å². The van der Waals surface area contributed by atoms with Crippen LogP contribution in [0, 0.1) is 5.82 Å². The van der Waals surface area contributed by atoms with Crippen LogP contribution in [0.15, 0.2) is 28.9 Å². The molecule has 19 heavy (non-hydrogen) atoms. The lowest BCUT2D eigenvalue weighted by atomic mass is 9.96. The first-order valence-corrected chi connectivity index (χ1v) is 7.11. The summed E-state index contributed by atoms with van der Waals surface area (Å²) in [5.41, 5.74) is 3.30. The number of H-pyrrole nitrogens is 1. The number of benzene rings is 1. The van der Waals surface area contributed by atoms with E-state index in [0.29, 0.717) is 11.1 Å². The lowest BCUT2D eigenvalue weighted by Gasteiger charge is -2.22. The number of halogens is 2. The Bertz CT molecular complexity index is 585. The highest BCUT2D eigenvalue weighted by Crippen LogP contribution is 2.31. The van der Waals surface area contributed by atoms with E-state index >= 15 is 0 Å². The van der Waals surface area contributed by atoms with Crippen LogP contribution in [-0.4, -0.2) is 10.2 Å². The average molecular weight is 325 g/mol. The Kier molecular flexibility index (Phi) is 3.66. The second-order valence-electron chi connectivity index (χ2n) is 4.75. The van der Waals surface area contributed by atoms with E-state index in [1.165, 1.54) is 11.6 Å². The molecule has 1 aliphatic rings. The summed E-state index contributed by atoms with van der Waals surface area (Å²) in [6.07, 6.45) is 5.12. The molecule has 0 amide bonds. The Morgan fingerprint density at radius 3 is 3.21 bits per heavy atom. The van der Waals surface area contributed by atoms with Gasteiger partial charge in [-0.05, 0) is 58.5 Å². The van der Waals surface area contributed by atoms with Crippen LogP contribution in [0.4, 0.5) is 4.39 Å². The summed E-state index contributed by atoms with van der Waals surface area (Å²) in [6, 6.07) is 4.95. The fourth-order valence-corrected chi connectivity index (χ4v) is 2.84. The van der Waals surface area contributed by atoms with E-state index < -0.39 is 0 Å². The molecule has 3 nitrogen and oxygen atoms in total. The van der Waals surface area contributed by atoms with Crippen LogP contribution in [0.3, 0.4) is 0 Å². The number of nitrogens with zero attached hydrogens (tertiary/aromatic N) is 1. The lowest BCUT2D eigenvalue weighted by Crippen LogP contribution is -2.12. The van der Waals surface area contributed by atoms with Crippen molar-refractivity contribution in [1.29, 1.82) is 0 Å². The summed E-state index contributed by atoms with van der Waals surface area (Å²) in [5, 5.41) is 7.09. The first-order chi connectivity index (χ1) is 9.24. The molecule has 0 saturated heterocycles. The summed E-state index contributed by atoms with van der Waals surface area (Å²) in [4.78, 5) is 0. The molecule has 1 atom stereocenters. The van der Waals surface area contributed by atoms with Gasteiger partial charge < -0.3 is 4.74 Å². The summed E-state index contributed by atoms with van der Waals surface area (Å²) in [5.74, 6) is -0.253. The van der Waals surface area contributed by atoms with Crippen molar-refractivity contribution in [2.75, 3.05) is 0 Å². The van der Waals surface area contributed by atoms with E-state index in [-0.39, 0.29) is 11.9 Å². The van der Waals surface area contributed by atoms with Crippen molar-refractivity contribution in [2.45, 2.75) is 32.0 Å². The Balaban J connectivity index is 1.69. The monoisotopic (exact) mass is 324 g/mol. The normalized spacial score (nSPS) is 18.3. The third kappa shape index (κ3) is 2.72. The molecule has 0 radical (unpaired) electrons. The van der Waals surface area contributed by atoms with Crippen LogP contribution in [-0.2, 0) is 17.8 Å². The molecule has 0 bridgehead atoms. The smallest absolute Gasteiger partial charge is 0.137 e. The SMILES string of the molecule is Fc1ccc(CO[C@H]2CCCc3cn[nH]c32)cc1Br. The van der Waals surface area contributed by atoms with E-state index in [2.05, 4.69) is 26.1 Å². The second kappa shape index (κ2) is 5.43. The van der Waals surface area contributed by atoms with Gasteiger partial charge in [0, 0.05) is 0 Å². The van der Waals surface area contributed by atoms with E-state index in [9.17, 15) is 4.39 Å². The number of aryl methyl sites for hydroxylation is 1. The molecule has 1 N–H and O–H groups in total. The van der Waals surface area contributed by atoms with Crippen LogP contribution in [0.25, 0.3) is 0 Å². The number of hydrogen-bond donors (Lipinski definition) is 1. The van der Waals surface area contributed by atoms with Crippen molar-refractivity contribution in [1.82, 2.24) is 10.2 Å². The molecule has 2 aromatic rings. The van der Waals surface area contributed by atoms with E-state index in [1.807, 2.05) is 6.20 Å². The first-order valence-electron chi connectivity index (χ1n) is 6.31. The quantitative estimate of drug-likeness (QED) is 0.929. The third-order valence-corrected chi connectivity index (χ3v) is 4.03. The Labute approximate surface area is 119 Å². The standard InChI is InChI=1S/C14H14BrFN2O/c15-11-6-9(4-5-12(11)16)8-19-13-3-1-2-10-7-17-18-14(10)13/h4-7,13H,1-3,8H2,(H,17,18)/t13-/m0/s1. The highest BCUT2D eigenvalue weighted by molar-refractivity contribution is 9.10. The summed E-state index contributed by atoms with van der Waals surface area (Å²) in [6.45, 7) is 0.474. The zero-order valence-electron chi connectivity index (χ0n) is 10.3. The van der Waals surface area contributed by atoms with E-state index in [4.69, 9.17) is 4.74 Å². The number of rotatable bonds is 3. The minimum Gasteiger partial charge on any atom is -0.367 e. The molecule has 100 valence electrons. The molecular formula is C14H14BrFN2O. The zero-order chi connectivity index (χ0) is 13.2. The largest absolute Gasteiger partial charge is 0.367 e. The van der Waals surface area contributed by atoms with Crippen LogP contribution in [0.2, 0.25) is 0 Å². The predicted molar refractivity (Wildman–Crippen MR) is 73.2 cm³/mol. The second-order valence-corrected chi connectivity index (χ2v) is 5.60. The van der Waals surface area contributed by atoms with Gasteiger partial charge in [0.05, 0.1) is 29.1 Å².